The normalized spacial score (nSPS) is 17.3. The van der Waals surface area contributed by atoms with Crippen molar-refractivity contribution in [1.29, 1.82) is 0 Å². The molecule has 0 aliphatic heterocycles. The lowest BCUT2D eigenvalue weighted by molar-refractivity contribution is 0.0949. The summed E-state index contributed by atoms with van der Waals surface area (Å²) in [4.78, 5) is 15.6. The molecule has 1 amide bonds. The van der Waals surface area contributed by atoms with Gasteiger partial charge >= 0.3 is 0 Å². The number of amides is 1. The molecule has 1 aromatic carbocycles. The molecule has 2 N–H and O–H groups in total. The number of hydrogen-bond acceptors (Lipinski definition) is 4. The zero-order valence-electron chi connectivity index (χ0n) is 13.0. The monoisotopic (exact) mass is 368 g/mol. The predicted octanol–water partition coefficient (Wildman–Crippen LogP) is 2.64. The molecule has 0 radical (unpaired) electrons. The first-order chi connectivity index (χ1) is 11.3. The summed E-state index contributed by atoms with van der Waals surface area (Å²) in [6.45, 7) is 2.17. The van der Waals surface area contributed by atoms with E-state index in [-0.39, 0.29) is 4.90 Å². The van der Waals surface area contributed by atoms with Crippen molar-refractivity contribution in [2.24, 2.45) is 5.92 Å². The summed E-state index contributed by atoms with van der Waals surface area (Å²) in [6, 6.07) is 6.40. The van der Waals surface area contributed by atoms with Crippen LogP contribution in [0.5, 0.6) is 0 Å². The molecule has 128 valence electrons. The first-order valence-corrected chi connectivity index (χ1v) is 9.84. The average Bonchev–Trinajstić information content (AvgIpc) is 2.96. The van der Waals surface area contributed by atoms with Gasteiger partial charge in [-0.1, -0.05) is 13.0 Å². The molecule has 8 heteroatoms. The Morgan fingerprint density at radius 1 is 1.33 bits per heavy atom. The van der Waals surface area contributed by atoms with Gasteiger partial charge in [-0.15, -0.1) is 16.2 Å². The quantitative estimate of drug-likeness (QED) is 0.815. The fourth-order valence-corrected chi connectivity index (χ4v) is 4.66. The van der Waals surface area contributed by atoms with E-state index in [1.807, 2.05) is 10.9 Å². The maximum absolute atomic E-state index is 13.1. The summed E-state index contributed by atoms with van der Waals surface area (Å²) in [7, 11) is -4.01. The number of carbonyl (C=O) groups is 1. The highest BCUT2D eigenvalue weighted by atomic mass is 32.2. The Labute approximate surface area is 143 Å². The standard InChI is InChI=1S/C16H17FN2O3S2/c1-10-5-6-14-11(7-10)8-15(23-14)16(20)18-19-24(21,22)13-4-2-3-12(17)9-13/h2-4,8-10,19H,5-7H2,1H3,(H,18,20). The van der Waals surface area contributed by atoms with Gasteiger partial charge in [-0.3, -0.25) is 10.2 Å². The molecule has 1 aliphatic rings. The van der Waals surface area contributed by atoms with Crippen LogP contribution in [0, 0.1) is 11.7 Å². The Balaban J connectivity index is 1.69. The van der Waals surface area contributed by atoms with Crippen molar-refractivity contribution in [3.8, 4) is 0 Å². The summed E-state index contributed by atoms with van der Waals surface area (Å²) >= 11 is 1.39. The van der Waals surface area contributed by atoms with Crippen LogP contribution in [0.4, 0.5) is 4.39 Å². The van der Waals surface area contributed by atoms with Crippen molar-refractivity contribution in [3.05, 3.63) is 51.5 Å². The highest BCUT2D eigenvalue weighted by molar-refractivity contribution is 7.89. The van der Waals surface area contributed by atoms with E-state index in [1.54, 1.807) is 0 Å². The molecule has 3 rings (SSSR count). The largest absolute Gasteiger partial charge is 0.276 e. The topological polar surface area (TPSA) is 75.3 Å². The number of benzene rings is 1. The Kier molecular flexibility index (Phi) is 4.71. The molecule has 5 nitrogen and oxygen atoms in total. The number of carbonyl (C=O) groups excluding carboxylic acids is 1. The molecule has 1 aliphatic carbocycles. The number of hydrogen-bond donors (Lipinski definition) is 2. The number of sulfonamides is 1. The Morgan fingerprint density at radius 3 is 2.88 bits per heavy atom. The Bertz CT molecular complexity index is 877. The highest BCUT2D eigenvalue weighted by Gasteiger charge is 2.22. The fraction of sp³-hybridized carbons (Fsp3) is 0.312. The van der Waals surface area contributed by atoms with Crippen LogP contribution in [0.1, 0.15) is 33.5 Å². The van der Waals surface area contributed by atoms with Gasteiger partial charge in [0.25, 0.3) is 15.9 Å². The predicted molar refractivity (Wildman–Crippen MR) is 89.7 cm³/mol. The van der Waals surface area contributed by atoms with E-state index in [0.717, 1.165) is 37.0 Å². The van der Waals surface area contributed by atoms with Gasteiger partial charge in [0.1, 0.15) is 5.82 Å². The molecule has 24 heavy (non-hydrogen) atoms. The Morgan fingerprint density at radius 2 is 2.12 bits per heavy atom. The number of thiophene rings is 1. The van der Waals surface area contributed by atoms with Crippen LogP contribution in [0.15, 0.2) is 35.2 Å². The van der Waals surface area contributed by atoms with Gasteiger partial charge in [0.2, 0.25) is 0 Å². The van der Waals surface area contributed by atoms with Gasteiger partial charge in [0.15, 0.2) is 0 Å². The first-order valence-electron chi connectivity index (χ1n) is 7.54. The van der Waals surface area contributed by atoms with Gasteiger partial charge < -0.3 is 0 Å². The number of fused-ring (bicyclic) bond motifs is 1. The molecule has 0 saturated carbocycles. The maximum atomic E-state index is 13.1. The van der Waals surface area contributed by atoms with E-state index in [4.69, 9.17) is 0 Å². The smallest absolute Gasteiger partial charge is 0.273 e. The van der Waals surface area contributed by atoms with E-state index in [0.29, 0.717) is 10.8 Å². The second-order valence-electron chi connectivity index (χ2n) is 5.92. The fourth-order valence-electron chi connectivity index (χ4n) is 2.69. The molecule has 2 aromatic rings. The lowest BCUT2D eigenvalue weighted by Crippen LogP contribution is -2.41. The minimum absolute atomic E-state index is 0.248. The van der Waals surface area contributed by atoms with E-state index < -0.39 is 21.7 Å². The molecule has 1 atom stereocenters. The summed E-state index contributed by atoms with van der Waals surface area (Å²) in [5.41, 5.74) is 3.35. The zero-order valence-corrected chi connectivity index (χ0v) is 14.6. The minimum Gasteiger partial charge on any atom is -0.273 e. The van der Waals surface area contributed by atoms with Crippen LogP contribution < -0.4 is 10.3 Å². The second-order valence-corrected chi connectivity index (χ2v) is 8.74. The van der Waals surface area contributed by atoms with E-state index >= 15 is 0 Å². The number of halogens is 1. The number of nitrogens with one attached hydrogen (secondary N) is 2. The van der Waals surface area contributed by atoms with Crippen molar-refractivity contribution in [1.82, 2.24) is 10.3 Å². The van der Waals surface area contributed by atoms with E-state index in [1.165, 1.54) is 28.3 Å². The van der Waals surface area contributed by atoms with Crippen LogP contribution in [0.2, 0.25) is 0 Å². The lowest BCUT2D eigenvalue weighted by atomic mass is 9.90. The molecule has 1 aromatic heterocycles. The number of aryl methyl sites for hydroxylation is 1. The van der Waals surface area contributed by atoms with Crippen molar-refractivity contribution in [2.45, 2.75) is 31.1 Å². The summed E-state index contributed by atoms with van der Waals surface area (Å²) < 4.78 is 37.3. The van der Waals surface area contributed by atoms with Gasteiger partial charge in [0, 0.05) is 4.88 Å². The average molecular weight is 368 g/mol. The molecule has 0 saturated heterocycles. The second kappa shape index (κ2) is 6.62. The molecule has 1 heterocycles. The molecule has 0 spiro atoms. The van der Waals surface area contributed by atoms with E-state index in [9.17, 15) is 17.6 Å². The van der Waals surface area contributed by atoms with Crippen molar-refractivity contribution in [3.63, 3.8) is 0 Å². The number of rotatable bonds is 4. The van der Waals surface area contributed by atoms with Crippen molar-refractivity contribution < 1.29 is 17.6 Å². The van der Waals surface area contributed by atoms with Crippen LogP contribution in [-0.2, 0) is 22.9 Å². The molecule has 0 bridgehead atoms. The Hall–Kier alpha value is -1.77. The third-order valence-electron chi connectivity index (χ3n) is 3.96. The first kappa shape index (κ1) is 17.1. The minimum atomic E-state index is -4.01. The van der Waals surface area contributed by atoms with Crippen LogP contribution >= 0.6 is 11.3 Å². The van der Waals surface area contributed by atoms with Gasteiger partial charge in [-0.25, -0.2) is 12.8 Å². The molecule has 0 fully saturated rings. The van der Waals surface area contributed by atoms with Gasteiger partial charge in [-0.05, 0) is 55.0 Å². The van der Waals surface area contributed by atoms with Crippen LogP contribution in [0.25, 0.3) is 0 Å². The van der Waals surface area contributed by atoms with E-state index in [2.05, 4.69) is 12.3 Å². The zero-order chi connectivity index (χ0) is 17.3. The third kappa shape index (κ3) is 3.66. The van der Waals surface area contributed by atoms with Crippen LogP contribution in [0.3, 0.4) is 0 Å². The highest BCUT2D eigenvalue weighted by Crippen LogP contribution is 2.32. The van der Waals surface area contributed by atoms with Gasteiger partial charge in [-0.2, -0.15) is 0 Å². The molecular weight excluding hydrogens is 351 g/mol. The maximum Gasteiger partial charge on any atom is 0.276 e. The molecular formula is C16H17FN2O3S2. The summed E-state index contributed by atoms with van der Waals surface area (Å²) in [5.74, 6) is -0.583. The summed E-state index contributed by atoms with van der Waals surface area (Å²) in [6.07, 6.45) is 2.98. The van der Waals surface area contributed by atoms with Gasteiger partial charge in [0.05, 0.1) is 9.77 Å². The molecule has 1 unspecified atom stereocenters. The number of hydrazine groups is 1. The van der Waals surface area contributed by atoms with Crippen molar-refractivity contribution in [2.75, 3.05) is 0 Å². The van der Waals surface area contributed by atoms with Crippen molar-refractivity contribution >= 4 is 27.3 Å². The summed E-state index contributed by atoms with van der Waals surface area (Å²) in [5, 5.41) is 0. The lowest BCUT2D eigenvalue weighted by Gasteiger charge is -2.16. The SMILES string of the molecule is CC1CCc2sc(C(=O)NNS(=O)(=O)c3cccc(F)c3)cc2C1. The third-order valence-corrected chi connectivity index (χ3v) is 6.44. The van der Waals surface area contributed by atoms with Crippen LogP contribution in [-0.4, -0.2) is 14.3 Å².